The van der Waals surface area contributed by atoms with Crippen molar-refractivity contribution in [2.24, 2.45) is 0 Å². The molecule has 0 saturated carbocycles. The predicted octanol–water partition coefficient (Wildman–Crippen LogP) is 4.34. The Hall–Kier alpha value is -1.59. The molecule has 3 aromatic rings. The number of thiazole rings is 1. The summed E-state index contributed by atoms with van der Waals surface area (Å²) in [7, 11) is 0. The van der Waals surface area contributed by atoms with E-state index in [4.69, 9.17) is 0 Å². The summed E-state index contributed by atoms with van der Waals surface area (Å²) in [5.74, 6) is 0.759. The van der Waals surface area contributed by atoms with Gasteiger partial charge in [-0.15, -0.1) is 11.3 Å². The molecule has 0 N–H and O–H groups in total. The topological polar surface area (TPSA) is 38.7 Å². The van der Waals surface area contributed by atoms with Crippen LogP contribution < -0.4 is 0 Å². The number of aryl methyl sites for hydroxylation is 1. The van der Waals surface area contributed by atoms with E-state index in [1.165, 1.54) is 0 Å². The van der Waals surface area contributed by atoms with Crippen LogP contribution in [0.25, 0.3) is 22.0 Å². The molecular weight excluding hydrogens is 322 g/mol. The number of aromatic nitrogens is 3. The molecular formula is C14H10BrN3S. The Balaban J connectivity index is 2.03. The minimum absolute atomic E-state index is 0.759. The lowest BCUT2D eigenvalue weighted by Gasteiger charge is -1.99. The summed E-state index contributed by atoms with van der Waals surface area (Å²) in [4.78, 5) is 13.2. The van der Waals surface area contributed by atoms with Crippen LogP contribution in [-0.4, -0.2) is 15.0 Å². The molecule has 94 valence electrons. The molecule has 1 aromatic carbocycles. The standard InChI is InChI=1S/C14H10BrN3S/c1-9-16-7-6-12(17-9)14-18-13(8-19-14)10-4-2-3-5-11(10)15/h2-8H,1H3. The number of rotatable bonds is 2. The highest BCUT2D eigenvalue weighted by molar-refractivity contribution is 9.10. The molecule has 0 unspecified atom stereocenters. The molecule has 5 heteroatoms. The van der Waals surface area contributed by atoms with E-state index in [0.717, 1.165) is 32.3 Å². The third-order valence-corrected chi connectivity index (χ3v) is 4.21. The predicted molar refractivity (Wildman–Crippen MR) is 81.0 cm³/mol. The summed E-state index contributed by atoms with van der Waals surface area (Å²) in [6, 6.07) is 9.95. The zero-order valence-corrected chi connectivity index (χ0v) is 12.6. The average molecular weight is 332 g/mol. The zero-order chi connectivity index (χ0) is 13.2. The second-order valence-electron chi connectivity index (χ2n) is 4.01. The van der Waals surface area contributed by atoms with E-state index in [9.17, 15) is 0 Å². The van der Waals surface area contributed by atoms with Crippen molar-refractivity contribution in [3.63, 3.8) is 0 Å². The number of benzene rings is 1. The minimum atomic E-state index is 0.759. The molecule has 0 bridgehead atoms. The molecule has 0 amide bonds. The minimum Gasteiger partial charge on any atom is -0.242 e. The van der Waals surface area contributed by atoms with Crippen LogP contribution in [0.3, 0.4) is 0 Å². The summed E-state index contributed by atoms with van der Waals surface area (Å²) in [6.45, 7) is 1.88. The van der Waals surface area contributed by atoms with Gasteiger partial charge in [-0.3, -0.25) is 0 Å². The summed E-state index contributed by atoms with van der Waals surface area (Å²) < 4.78 is 1.05. The zero-order valence-electron chi connectivity index (χ0n) is 10.2. The molecule has 0 saturated heterocycles. The lowest BCUT2D eigenvalue weighted by Crippen LogP contribution is -1.89. The molecule has 0 aliphatic heterocycles. The first-order valence-corrected chi connectivity index (χ1v) is 7.42. The highest BCUT2D eigenvalue weighted by atomic mass is 79.9. The third-order valence-electron chi connectivity index (χ3n) is 2.65. The first-order chi connectivity index (χ1) is 9.24. The second kappa shape index (κ2) is 5.19. The Morgan fingerprint density at radius 1 is 1.05 bits per heavy atom. The Morgan fingerprint density at radius 3 is 2.68 bits per heavy atom. The van der Waals surface area contributed by atoms with Crippen LogP contribution in [0.2, 0.25) is 0 Å². The Bertz CT molecular complexity index is 724. The quantitative estimate of drug-likeness (QED) is 0.701. The van der Waals surface area contributed by atoms with Crippen LogP contribution in [0.5, 0.6) is 0 Å². The van der Waals surface area contributed by atoms with Crippen molar-refractivity contribution < 1.29 is 0 Å². The first kappa shape index (κ1) is 12.4. The monoisotopic (exact) mass is 331 g/mol. The van der Waals surface area contributed by atoms with E-state index in [1.807, 2.05) is 42.6 Å². The highest BCUT2D eigenvalue weighted by Crippen LogP contribution is 2.31. The Morgan fingerprint density at radius 2 is 1.89 bits per heavy atom. The number of nitrogens with zero attached hydrogens (tertiary/aromatic N) is 3. The van der Waals surface area contributed by atoms with Crippen LogP contribution in [0, 0.1) is 6.92 Å². The largest absolute Gasteiger partial charge is 0.242 e. The lowest BCUT2D eigenvalue weighted by molar-refractivity contribution is 1.06. The van der Waals surface area contributed by atoms with Gasteiger partial charge in [0.15, 0.2) is 0 Å². The fraction of sp³-hybridized carbons (Fsp3) is 0.0714. The highest BCUT2D eigenvalue weighted by Gasteiger charge is 2.09. The van der Waals surface area contributed by atoms with Gasteiger partial charge in [0.2, 0.25) is 0 Å². The molecule has 3 rings (SSSR count). The first-order valence-electron chi connectivity index (χ1n) is 5.74. The molecule has 3 nitrogen and oxygen atoms in total. The number of hydrogen-bond donors (Lipinski definition) is 0. The fourth-order valence-corrected chi connectivity index (χ4v) is 3.04. The van der Waals surface area contributed by atoms with Crippen molar-refractivity contribution in [1.29, 1.82) is 0 Å². The molecule has 0 radical (unpaired) electrons. The lowest BCUT2D eigenvalue weighted by atomic mass is 10.2. The molecule has 2 heterocycles. The van der Waals surface area contributed by atoms with Gasteiger partial charge in [0.1, 0.15) is 16.5 Å². The van der Waals surface area contributed by atoms with E-state index in [2.05, 4.69) is 30.9 Å². The maximum atomic E-state index is 4.65. The second-order valence-corrected chi connectivity index (χ2v) is 5.72. The number of halogens is 1. The van der Waals surface area contributed by atoms with Gasteiger partial charge in [0.25, 0.3) is 0 Å². The average Bonchev–Trinajstić information content (AvgIpc) is 2.89. The maximum absolute atomic E-state index is 4.65. The Labute approximate surface area is 123 Å². The normalized spacial score (nSPS) is 10.6. The van der Waals surface area contributed by atoms with Crippen LogP contribution in [0.1, 0.15) is 5.82 Å². The van der Waals surface area contributed by atoms with Gasteiger partial charge < -0.3 is 0 Å². The Kier molecular flexibility index (Phi) is 3.40. The van der Waals surface area contributed by atoms with Gasteiger partial charge in [0.05, 0.1) is 5.69 Å². The van der Waals surface area contributed by atoms with Crippen molar-refractivity contribution in [3.05, 3.63) is 52.2 Å². The van der Waals surface area contributed by atoms with Gasteiger partial charge in [-0.05, 0) is 19.1 Å². The summed E-state index contributed by atoms with van der Waals surface area (Å²) in [6.07, 6.45) is 1.76. The van der Waals surface area contributed by atoms with Crippen molar-refractivity contribution in [2.45, 2.75) is 6.92 Å². The summed E-state index contributed by atoms with van der Waals surface area (Å²) in [5.41, 5.74) is 2.93. The SMILES string of the molecule is Cc1nccc(-c2nc(-c3ccccc3Br)cs2)n1. The summed E-state index contributed by atoms with van der Waals surface area (Å²) in [5, 5.41) is 2.96. The van der Waals surface area contributed by atoms with Gasteiger partial charge in [-0.2, -0.15) is 0 Å². The van der Waals surface area contributed by atoms with Crippen molar-refractivity contribution in [1.82, 2.24) is 15.0 Å². The smallest absolute Gasteiger partial charge is 0.142 e. The van der Waals surface area contributed by atoms with E-state index in [1.54, 1.807) is 17.5 Å². The molecule has 0 fully saturated rings. The molecule has 0 aliphatic rings. The maximum Gasteiger partial charge on any atom is 0.142 e. The summed E-state index contributed by atoms with van der Waals surface area (Å²) >= 11 is 5.14. The van der Waals surface area contributed by atoms with Gasteiger partial charge in [0, 0.05) is 21.6 Å². The van der Waals surface area contributed by atoms with E-state index >= 15 is 0 Å². The molecule has 0 atom stereocenters. The van der Waals surface area contributed by atoms with E-state index in [-0.39, 0.29) is 0 Å². The van der Waals surface area contributed by atoms with Crippen LogP contribution in [0.4, 0.5) is 0 Å². The third kappa shape index (κ3) is 2.57. The number of hydrogen-bond acceptors (Lipinski definition) is 4. The van der Waals surface area contributed by atoms with E-state index in [0.29, 0.717) is 0 Å². The van der Waals surface area contributed by atoms with Crippen LogP contribution in [-0.2, 0) is 0 Å². The van der Waals surface area contributed by atoms with Crippen LogP contribution >= 0.6 is 27.3 Å². The van der Waals surface area contributed by atoms with Crippen molar-refractivity contribution in [2.75, 3.05) is 0 Å². The molecule has 0 spiro atoms. The van der Waals surface area contributed by atoms with Gasteiger partial charge in [-0.1, -0.05) is 34.1 Å². The van der Waals surface area contributed by atoms with Crippen molar-refractivity contribution >= 4 is 27.3 Å². The molecule has 19 heavy (non-hydrogen) atoms. The molecule has 2 aromatic heterocycles. The van der Waals surface area contributed by atoms with Gasteiger partial charge >= 0.3 is 0 Å². The molecule has 0 aliphatic carbocycles. The van der Waals surface area contributed by atoms with E-state index < -0.39 is 0 Å². The van der Waals surface area contributed by atoms with Gasteiger partial charge in [-0.25, -0.2) is 15.0 Å². The van der Waals surface area contributed by atoms with Crippen LogP contribution in [0.15, 0.2) is 46.4 Å². The fourth-order valence-electron chi connectivity index (χ4n) is 1.76. The van der Waals surface area contributed by atoms with Crippen molar-refractivity contribution in [3.8, 4) is 22.0 Å².